The van der Waals surface area contributed by atoms with Crippen molar-refractivity contribution in [3.05, 3.63) is 54.9 Å². The van der Waals surface area contributed by atoms with Gasteiger partial charge in [-0.05, 0) is 75.0 Å². The van der Waals surface area contributed by atoms with E-state index < -0.39 is 0 Å². The Bertz CT molecular complexity index is 637. The number of hydrogen-bond acceptors (Lipinski definition) is 4. The van der Waals surface area contributed by atoms with Crippen molar-refractivity contribution in [1.29, 1.82) is 0 Å². The quantitative estimate of drug-likeness (QED) is 0.393. The van der Waals surface area contributed by atoms with Gasteiger partial charge in [0, 0.05) is 12.4 Å². The first-order chi connectivity index (χ1) is 9.58. The summed E-state index contributed by atoms with van der Waals surface area (Å²) in [6, 6.07) is 6.89. The Hall–Kier alpha value is -1.23. The fourth-order valence-corrected chi connectivity index (χ4v) is 3.20. The van der Waals surface area contributed by atoms with E-state index in [1.165, 1.54) is 12.4 Å². The molecular formula is C13H9I2N3O2. The third kappa shape index (κ3) is 3.88. The normalized spacial score (nSPS) is 10.7. The topological polar surface area (TPSA) is 74.6 Å². The number of aromatic hydroxyl groups is 1. The Morgan fingerprint density at radius 2 is 2.05 bits per heavy atom. The Balaban J connectivity index is 2.06. The second-order valence-corrected chi connectivity index (χ2v) is 6.10. The lowest BCUT2D eigenvalue weighted by atomic mass is 10.2. The molecule has 1 aromatic heterocycles. The number of phenols is 1. The lowest BCUT2D eigenvalue weighted by Gasteiger charge is -2.02. The molecule has 0 aliphatic carbocycles. The van der Waals surface area contributed by atoms with E-state index in [0.717, 1.165) is 12.7 Å². The first-order valence-corrected chi connectivity index (χ1v) is 7.65. The zero-order valence-corrected chi connectivity index (χ0v) is 14.4. The van der Waals surface area contributed by atoms with Crippen molar-refractivity contribution in [2.24, 2.45) is 5.10 Å². The Morgan fingerprint density at radius 3 is 2.65 bits per heavy atom. The van der Waals surface area contributed by atoms with Crippen LogP contribution in [0.5, 0.6) is 5.75 Å². The van der Waals surface area contributed by atoms with Gasteiger partial charge in [0.25, 0.3) is 5.91 Å². The molecule has 0 aliphatic heterocycles. The van der Waals surface area contributed by atoms with E-state index in [2.05, 4.69) is 15.5 Å². The van der Waals surface area contributed by atoms with Crippen LogP contribution in [-0.2, 0) is 0 Å². The van der Waals surface area contributed by atoms with Crippen LogP contribution < -0.4 is 5.43 Å². The molecule has 1 heterocycles. The molecule has 1 amide bonds. The fraction of sp³-hybridized carbons (Fsp3) is 0. The highest BCUT2D eigenvalue weighted by Crippen LogP contribution is 2.26. The number of phenolic OH excluding ortho intramolecular Hbond substituents is 1. The molecule has 0 saturated carbocycles. The molecule has 20 heavy (non-hydrogen) atoms. The summed E-state index contributed by atoms with van der Waals surface area (Å²) >= 11 is 4.08. The number of nitrogens with zero attached hydrogens (tertiary/aromatic N) is 2. The van der Waals surface area contributed by atoms with E-state index in [1.54, 1.807) is 30.5 Å². The van der Waals surface area contributed by atoms with Crippen molar-refractivity contribution in [2.75, 3.05) is 0 Å². The van der Waals surface area contributed by atoms with E-state index in [1.807, 2.05) is 45.2 Å². The molecule has 7 heteroatoms. The second-order valence-electron chi connectivity index (χ2n) is 3.77. The molecular weight excluding hydrogens is 484 g/mol. The van der Waals surface area contributed by atoms with Crippen molar-refractivity contribution < 1.29 is 9.90 Å². The summed E-state index contributed by atoms with van der Waals surface area (Å²) in [5, 5.41) is 13.5. The zero-order chi connectivity index (χ0) is 14.5. The highest BCUT2D eigenvalue weighted by atomic mass is 127. The average Bonchev–Trinajstić information content (AvgIpc) is 2.45. The van der Waals surface area contributed by atoms with Gasteiger partial charge < -0.3 is 5.11 Å². The predicted octanol–water partition coefficient (Wildman–Crippen LogP) is 2.76. The molecule has 0 unspecified atom stereocenters. The highest BCUT2D eigenvalue weighted by molar-refractivity contribution is 14.1. The first kappa shape index (κ1) is 15.2. The number of benzene rings is 1. The third-order valence-electron chi connectivity index (χ3n) is 2.34. The molecule has 2 rings (SSSR count). The number of hydrazone groups is 1. The van der Waals surface area contributed by atoms with Crippen molar-refractivity contribution in [3.63, 3.8) is 0 Å². The summed E-state index contributed by atoms with van der Waals surface area (Å²) in [5.41, 5.74) is 3.66. The Morgan fingerprint density at radius 1 is 1.35 bits per heavy atom. The number of pyridine rings is 1. The predicted molar refractivity (Wildman–Crippen MR) is 92.8 cm³/mol. The van der Waals surface area contributed by atoms with Crippen LogP contribution in [0.25, 0.3) is 0 Å². The van der Waals surface area contributed by atoms with E-state index in [0.29, 0.717) is 5.56 Å². The summed E-state index contributed by atoms with van der Waals surface area (Å²) in [4.78, 5) is 15.6. The van der Waals surface area contributed by atoms with Gasteiger partial charge in [-0.25, -0.2) is 5.43 Å². The van der Waals surface area contributed by atoms with Crippen LogP contribution >= 0.6 is 45.2 Å². The summed E-state index contributed by atoms with van der Waals surface area (Å²) in [6.07, 6.45) is 4.59. The molecule has 2 N–H and O–H groups in total. The first-order valence-electron chi connectivity index (χ1n) is 5.49. The van der Waals surface area contributed by atoms with Crippen LogP contribution in [0.15, 0.2) is 41.8 Å². The van der Waals surface area contributed by atoms with Crippen LogP contribution in [0.3, 0.4) is 0 Å². The van der Waals surface area contributed by atoms with Gasteiger partial charge in [-0.2, -0.15) is 5.10 Å². The van der Waals surface area contributed by atoms with Gasteiger partial charge in [-0.15, -0.1) is 0 Å². The van der Waals surface area contributed by atoms with Gasteiger partial charge in [0.1, 0.15) is 5.75 Å². The van der Waals surface area contributed by atoms with Crippen molar-refractivity contribution in [2.45, 2.75) is 0 Å². The number of aromatic nitrogens is 1. The largest absolute Gasteiger partial charge is 0.506 e. The smallest absolute Gasteiger partial charge is 0.272 e. The van der Waals surface area contributed by atoms with E-state index in [4.69, 9.17) is 0 Å². The monoisotopic (exact) mass is 493 g/mol. The summed E-state index contributed by atoms with van der Waals surface area (Å²) in [5.74, 6) is -0.0692. The van der Waals surface area contributed by atoms with Crippen LogP contribution in [0.1, 0.15) is 15.9 Å². The Labute approximate surface area is 142 Å². The van der Waals surface area contributed by atoms with E-state index >= 15 is 0 Å². The minimum atomic E-state index is -0.322. The van der Waals surface area contributed by atoms with E-state index in [-0.39, 0.29) is 11.7 Å². The number of carbonyl (C=O) groups excluding carboxylic acids is 1. The van der Waals surface area contributed by atoms with Gasteiger partial charge in [-0.3, -0.25) is 9.78 Å². The van der Waals surface area contributed by atoms with Gasteiger partial charge in [0.15, 0.2) is 0 Å². The molecule has 102 valence electrons. The van der Waals surface area contributed by atoms with Gasteiger partial charge >= 0.3 is 0 Å². The molecule has 5 nitrogen and oxygen atoms in total. The van der Waals surface area contributed by atoms with Crippen molar-refractivity contribution in [3.8, 4) is 5.75 Å². The van der Waals surface area contributed by atoms with Crippen LogP contribution in [-0.4, -0.2) is 22.2 Å². The molecule has 0 atom stereocenters. The van der Waals surface area contributed by atoms with Crippen LogP contribution in [0.4, 0.5) is 0 Å². The van der Waals surface area contributed by atoms with Crippen molar-refractivity contribution in [1.82, 2.24) is 10.4 Å². The maximum absolute atomic E-state index is 11.7. The standard InChI is InChI=1S/C13H9I2N3O2/c14-10-4-8(5-11(15)12(10)19)6-17-18-13(20)9-2-1-3-16-7-9/h1-7,19H,(H,18,20). The number of amides is 1. The summed E-state index contributed by atoms with van der Waals surface area (Å²) in [7, 11) is 0. The number of rotatable bonds is 3. The second kappa shape index (κ2) is 6.97. The van der Waals surface area contributed by atoms with Gasteiger partial charge in [0.05, 0.1) is 18.9 Å². The van der Waals surface area contributed by atoms with Crippen molar-refractivity contribution >= 4 is 57.3 Å². The molecule has 0 aliphatic rings. The molecule has 0 saturated heterocycles. The molecule has 0 bridgehead atoms. The number of hydrogen-bond donors (Lipinski definition) is 2. The third-order valence-corrected chi connectivity index (χ3v) is 3.99. The van der Waals surface area contributed by atoms with Gasteiger partial charge in [0.2, 0.25) is 0 Å². The minimum Gasteiger partial charge on any atom is -0.506 e. The molecule has 0 fully saturated rings. The maximum atomic E-state index is 11.7. The number of halogens is 2. The minimum absolute atomic E-state index is 0.253. The zero-order valence-electron chi connectivity index (χ0n) is 10.0. The lowest BCUT2D eigenvalue weighted by molar-refractivity contribution is 0.0955. The molecule has 0 spiro atoms. The SMILES string of the molecule is O=C(NN=Cc1cc(I)c(O)c(I)c1)c1cccnc1. The maximum Gasteiger partial charge on any atom is 0.272 e. The molecule has 0 radical (unpaired) electrons. The van der Waals surface area contributed by atoms with Crippen LogP contribution in [0, 0.1) is 7.14 Å². The molecule has 1 aromatic carbocycles. The lowest BCUT2D eigenvalue weighted by Crippen LogP contribution is -2.17. The number of carbonyl (C=O) groups is 1. The average molecular weight is 493 g/mol. The fourth-order valence-electron chi connectivity index (χ4n) is 1.39. The highest BCUT2D eigenvalue weighted by Gasteiger charge is 2.05. The Kier molecular flexibility index (Phi) is 5.29. The summed E-state index contributed by atoms with van der Waals surface area (Å²) in [6.45, 7) is 0. The van der Waals surface area contributed by atoms with Gasteiger partial charge in [-0.1, -0.05) is 0 Å². The number of nitrogens with one attached hydrogen (secondary N) is 1. The van der Waals surface area contributed by atoms with Crippen LogP contribution in [0.2, 0.25) is 0 Å². The summed E-state index contributed by atoms with van der Waals surface area (Å²) < 4.78 is 1.46. The van der Waals surface area contributed by atoms with E-state index in [9.17, 15) is 9.90 Å². The molecule has 2 aromatic rings.